The van der Waals surface area contributed by atoms with Crippen LogP contribution in [0.5, 0.6) is 0 Å². The molecule has 2 unspecified atom stereocenters. The van der Waals surface area contributed by atoms with E-state index in [-0.39, 0.29) is 0 Å². The predicted molar refractivity (Wildman–Crippen MR) is 66.4 cm³/mol. The molecule has 2 heterocycles. The van der Waals surface area contributed by atoms with Crippen LogP contribution in [0.25, 0.3) is 5.57 Å². The highest BCUT2D eigenvalue weighted by atomic mass is 15.0. The minimum Gasteiger partial charge on any atom is -0.378 e. The molecule has 2 heteroatoms. The van der Waals surface area contributed by atoms with Crippen LogP contribution in [0.15, 0.2) is 29.8 Å². The van der Waals surface area contributed by atoms with Gasteiger partial charge in [-0.15, -0.1) is 0 Å². The average Bonchev–Trinajstić information content (AvgIpc) is 2.91. The Morgan fingerprint density at radius 3 is 3.06 bits per heavy atom. The monoisotopic (exact) mass is 212 g/mol. The van der Waals surface area contributed by atoms with E-state index in [4.69, 9.17) is 0 Å². The Labute approximate surface area is 95.7 Å². The number of anilines is 1. The average molecular weight is 212 g/mol. The SMILES string of the molecule is c1ccc2c(c1)NC1CCC3CNCC3=C21. The van der Waals surface area contributed by atoms with Crippen LogP contribution in [0.1, 0.15) is 18.4 Å². The standard InChI is InChI=1S/C14H16N2/c1-2-4-12-10(3-1)14-11-8-15-7-9(11)5-6-13(14)16-12/h1-4,9,13,15-16H,5-8H2. The number of fused-ring (bicyclic) bond motifs is 4. The van der Waals surface area contributed by atoms with E-state index in [1.165, 1.54) is 30.6 Å². The fourth-order valence-electron chi connectivity index (χ4n) is 3.51. The van der Waals surface area contributed by atoms with Crippen molar-refractivity contribution in [3.8, 4) is 0 Å². The number of benzene rings is 1. The van der Waals surface area contributed by atoms with Crippen molar-refractivity contribution in [1.82, 2.24) is 5.32 Å². The Morgan fingerprint density at radius 1 is 1.12 bits per heavy atom. The Balaban J connectivity index is 1.93. The molecule has 16 heavy (non-hydrogen) atoms. The third-order valence-electron chi connectivity index (χ3n) is 4.24. The molecular weight excluding hydrogens is 196 g/mol. The summed E-state index contributed by atoms with van der Waals surface area (Å²) in [5, 5.41) is 7.19. The predicted octanol–water partition coefficient (Wildman–Crippen LogP) is 2.25. The molecule has 0 aromatic heterocycles. The van der Waals surface area contributed by atoms with E-state index >= 15 is 0 Å². The van der Waals surface area contributed by atoms with E-state index in [1.807, 2.05) is 0 Å². The van der Waals surface area contributed by atoms with E-state index in [2.05, 4.69) is 34.9 Å². The smallest absolute Gasteiger partial charge is 0.0521 e. The fourth-order valence-corrected chi connectivity index (χ4v) is 3.51. The maximum Gasteiger partial charge on any atom is 0.0521 e. The first-order valence-electron chi connectivity index (χ1n) is 6.23. The van der Waals surface area contributed by atoms with Crippen LogP contribution in [-0.4, -0.2) is 19.1 Å². The summed E-state index contributed by atoms with van der Waals surface area (Å²) in [6, 6.07) is 9.34. The van der Waals surface area contributed by atoms with Gasteiger partial charge in [-0.05, 0) is 36.0 Å². The topological polar surface area (TPSA) is 24.1 Å². The summed E-state index contributed by atoms with van der Waals surface area (Å²) in [4.78, 5) is 0. The Bertz CT molecular complexity index is 475. The molecule has 0 saturated carbocycles. The van der Waals surface area contributed by atoms with Crippen LogP contribution < -0.4 is 10.6 Å². The second-order valence-electron chi connectivity index (χ2n) is 5.09. The second kappa shape index (κ2) is 3.11. The van der Waals surface area contributed by atoms with Gasteiger partial charge in [-0.25, -0.2) is 0 Å². The molecule has 2 N–H and O–H groups in total. The summed E-state index contributed by atoms with van der Waals surface area (Å²) < 4.78 is 0. The van der Waals surface area contributed by atoms with Gasteiger partial charge in [0, 0.05) is 24.3 Å². The Morgan fingerprint density at radius 2 is 2.06 bits per heavy atom. The number of hydrogen-bond acceptors (Lipinski definition) is 2. The zero-order chi connectivity index (χ0) is 10.5. The molecule has 1 aromatic rings. The van der Waals surface area contributed by atoms with Gasteiger partial charge in [0.1, 0.15) is 0 Å². The van der Waals surface area contributed by atoms with Crippen molar-refractivity contribution in [3.05, 3.63) is 35.4 Å². The lowest BCUT2D eigenvalue weighted by Crippen LogP contribution is -2.23. The fraction of sp³-hybridized carbons (Fsp3) is 0.429. The first kappa shape index (κ1) is 8.82. The molecule has 1 aromatic carbocycles. The molecule has 82 valence electrons. The van der Waals surface area contributed by atoms with Gasteiger partial charge in [-0.3, -0.25) is 0 Å². The van der Waals surface area contributed by atoms with E-state index in [1.54, 1.807) is 11.1 Å². The van der Waals surface area contributed by atoms with Crippen LogP contribution in [0.2, 0.25) is 0 Å². The summed E-state index contributed by atoms with van der Waals surface area (Å²) in [5.41, 5.74) is 6.07. The van der Waals surface area contributed by atoms with Crippen molar-refractivity contribution in [2.45, 2.75) is 18.9 Å². The minimum absolute atomic E-state index is 0.587. The van der Waals surface area contributed by atoms with E-state index in [9.17, 15) is 0 Å². The van der Waals surface area contributed by atoms with Gasteiger partial charge in [0.15, 0.2) is 0 Å². The van der Waals surface area contributed by atoms with Crippen molar-refractivity contribution in [1.29, 1.82) is 0 Å². The molecule has 1 saturated heterocycles. The van der Waals surface area contributed by atoms with Crippen molar-refractivity contribution in [2.24, 2.45) is 5.92 Å². The lowest BCUT2D eigenvalue weighted by molar-refractivity contribution is 0.538. The van der Waals surface area contributed by atoms with E-state index < -0.39 is 0 Å². The zero-order valence-electron chi connectivity index (χ0n) is 9.29. The number of para-hydroxylation sites is 1. The molecule has 0 bridgehead atoms. The van der Waals surface area contributed by atoms with Gasteiger partial charge in [-0.2, -0.15) is 0 Å². The van der Waals surface area contributed by atoms with Crippen molar-refractivity contribution in [3.63, 3.8) is 0 Å². The summed E-state index contributed by atoms with van der Waals surface area (Å²) in [6.45, 7) is 2.29. The number of nitrogens with one attached hydrogen (secondary N) is 2. The van der Waals surface area contributed by atoms with Crippen molar-refractivity contribution >= 4 is 11.3 Å². The van der Waals surface area contributed by atoms with Gasteiger partial charge in [0.2, 0.25) is 0 Å². The molecule has 1 aliphatic carbocycles. The third kappa shape index (κ3) is 1.05. The molecule has 4 rings (SSSR count). The molecule has 0 radical (unpaired) electrons. The summed E-state index contributed by atoms with van der Waals surface area (Å²) >= 11 is 0. The summed E-state index contributed by atoms with van der Waals surface area (Å²) in [6.07, 6.45) is 2.64. The molecule has 2 aliphatic heterocycles. The summed E-state index contributed by atoms with van der Waals surface area (Å²) in [7, 11) is 0. The quantitative estimate of drug-likeness (QED) is 0.689. The van der Waals surface area contributed by atoms with Gasteiger partial charge >= 0.3 is 0 Å². The van der Waals surface area contributed by atoms with Crippen LogP contribution in [0, 0.1) is 5.92 Å². The molecule has 1 fully saturated rings. The van der Waals surface area contributed by atoms with Gasteiger partial charge in [0.25, 0.3) is 0 Å². The number of hydrogen-bond donors (Lipinski definition) is 2. The highest BCUT2D eigenvalue weighted by Gasteiger charge is 2.37. The van der Waals surface area contributed by atoms with Crippen LogP contribution in [0.4, 0.5) is 5.69 Å². The molecule has 2 nitrogen and oxygen atoms in total. The van der Waals surface area contributed by atoms with Crippen LogP contribution in [0.3, 0.4) is 0 Å². The molecule has 3 aliphatic rings. The largest absolute Gasteiger partial charge is 0.378 e. The minimum atomic E-state index is 0.587. The van der Waals surface area contributed by atoms with Crippen molar-refractivity contribution < 1.29 is 0 Å². The second-order valence-corrected chi connectivity index (χ2v) is 5.09. The van der Waals surface area contributed by atoms with Crippen LogP contribution >= 0.6 is 0 Å². The lowest BCUT2D eigenvalue weighted by atomic mass is 9.81. The maximum absolute atomic E-state index is 3.66. The highest BCUT2D eigenvalue weighted by molar-refractivity contribution is 5.89. The normalized spacial score (nSPS) is 30.8. The first-order valence-corrected chi connectivity index (χ1v) is 6.23. The Hall–Kier alpha value is -1.28. The third-order valence-corrected chi connectivity index (χ3v) is 4.24. The summed E-state index contributed by atoms with van der Waals surface area (Å²) in [5.74, 6) is 0.805. The van der Waals surface area contributed by atoms with Gasteiger partial charge in [-0.1, -0.05) is 18.2 Å². The molecule has 2 atom stereocenters. The molecular formula is C14H16N2. The number of rotatable bonds is 0. The molecule has 0 amide bonds. The van der Waals surface area contributed by atoms with Gasteiger partial charge in [0.05, 0.1) is 6.04 Å². The van der Waals surface area contributed by atoms with Crippen molar-refractivity contribution in [2.75, 3.05) is 18.4 Å². The maximum atomic E-state index is 3.66. The van der Waals surface area contributed by atoms with E-state index in [0.29, 0.717) is 6.04 Å². The molecule has 0 spiro atoms. The van der Waals surface area contributed by atoms with Crippen LogP contribution in [-0.2, 0) is 0 Å². The lowest BCUT2D eigenvalue weighted by Gasteiger charge is -2.26. The van der Waals surface area contributed by atoms with Gasteiger partial charge < -0.3 is 10.6 Å². The highest BCUT2D eigenvalue weighted by Crippen LogP contribution is 2.45. The zero-order valence-corrected chi connectivity index (χ0v) is 9.29. The first-order chi connectivity index (χ1) is 7.93. The van der Waals surface area contributed by atoms with E-state index in [0.717, 1.165) is 12.5 Å². The Kier molecular flexibility index (Phi) is 1.71.